The van der Waals surface area contributed by atoms with E-state index in [-0.39, 0.29) is 5.91 Å². The Hall–Kier alpha value is -0.610. The highest BCUT2D eigenvalue weighted by atomic mass is 16.3. The molecule has 0 spiro atoms. The molecule has 4 nitrogen and oxygen atoms in total. The lowest BCUT2D eigenvalue weighted by Crippen LogP contribution is -2.48. The molecule has 1 fully saturated rings. The van der Waals surface area contributed by atoms with Crippen molar-refractivity contribution in [2.24, 2.45) is 0 Å². The van der Waals surface area contributed by atoms with Crippen LogP contribution in [-0.4, -0.2) is 47.0 Å². The summed E-state index contributed by atoms with van der Waals surface area (Å²) >= 11 is 0. The van der Waals surface area contributed by atoms with Gasteiger partial charge in [-0.2, -0.15) is 0 Å². The molecule has 0 saturated carbocycles. The fourth-order valence-electron chi connectivity index (χ4n) is 1.34. The highest BCUT2D eigenvalue weighted by Gasteiger charge is 2.21. The number of hydrogen-bond acceptors (Lipinski definition) is 3. The number of hydrogen-bond donors (Lipinski definition) is 1. The van der Waals surface area contributed by atoms with Crippen LogP contribution in [0.2, 0.25) is 0 Å². The number of rotatable bonds is 1. The van der Waals surface area contributed by atoms with Gasteiger partial charge in [-0.1, -0.05) is 0 Å². The van der Waals surface area contributed by atoms with Crippen molar-refractivity contribution in [2.45, 2.75) is 13.8 Å². The number of carbonyl (C=O) groups excluding carboxylic acids is 1. The minimum Gasteiger partial charge on any atom is -0.371 e. The molecule has 1 heterocycles. The van der Waals surface area contributed by atoms with Gasteiger partial charge in [-0.05, 0) is 6.92 Å². The molecule has 1 N–H and O–H groups in total. The molecule has 0 unspecified atom stereocenters. The van der Waals surface area contributed by atoms with Gasteiger partial charge in [0, 0.05) is 33.1 Å². The van der Waals surface area contributed by atoms with Gasteiger partial charge in [-0.25, -0.2) is 0 Å². The van der Waals surface area contributed by atoms with E-state index >= 15 is 0 Å². The van der Waals surface area contributed by atoms with Crippen molar-refractivity contribution in [2.75, 3.05) is 26.2 Å². The Morgan fingerprint density at radius 1 is 1.08 bits per heavy atom. The van der Waals surface area contributed by atoms with Gasteiger partial charge in [-0.15, -0.1) is 0 Å². The smallest absolute Gasteiger partial charge is 0.219 e. The predicted molar refractivity (Wildman–Crippen MR) is 44.7 cm³/mol. The number of aliphatic hydroxyl groups is 1. The maximum Gasteiger partial charge on any atom is 0.219 e. The summed E-state index contributed by atoms with van der Waals surface area (Å²) in [4.78, 5) is 14.6. The van der Waals surface area contributed by atoms with Crippen molar-refractivity contribution in [1.29, 1.82) is 0 Å². The molecule has 69 valence electrons. The van der Waals surface area contributed by atoms with Gasteiger partial charge in [0.05, 0.1) is 0 Å². The van der Waals surface area contributed by atoms with Crippen molar-refractivity contribution in [3.05, 3.63) is 6.23 Å². The van der Waals surface area contributed by atoms with Crippen LogP contribution in [0.4, 0.5) is 0 Å². The normalized spacial score (nSPS) is 20.2. The molecule has 1 amide bonds. The zero-order valence-electron chi connectivity index (χ0n) is 7.58. The summed E-state index contributed by atoms with van der Waals surface area (Å²) in [5, 5.41) is 9.14. The lowest BCUT2D eigenvalue weighted by molar-refractivity contribution is -0.131. The van der Waals surface area contributed by atoms with E-state index < -0.39 is 0 Å². The minimum absolute atomic E-state index is 0.116. The molecular formula is C8H15N2O2. The van der Waals surface area contributed by atoms with Crippen LogP contribution in [0.1, 0.15) is 13.8 Å². The molecule has 4 heteroatoms. The second-order valence-electron chi connectivity index (χ2n) is 3.04. The molecule has 12 heavy (non-hydrogen) atoms. The molecule has 0 aromatic heterocycles. The Balaban J connectivity index is 2.34. The molecule has 0 aromatic rings. The Bertz CT molecular complexity index is 162. The summed E-state index contributed by atoms with van der Waals surface area (Å²) in [6, 6.07) is 0. The fraction of sp³-hybridized carbons (Fsp3) is 0.750. The summed E-state index contributed by atoms with van der Waals surface area (Å²) in [6.07, 6.45) is 0.346. The van der Waals surface area contributed by atoms with E-state index in [1.54, 1.807) is 18.7 Å². The van der Waals surface area contributed by atoms with Gasteiger partial charge >= 0.3 is 0 Å². The number of amides is 1. The molecule has 0 bridgehead atoms. The Morgan fingerprint density at radius 2 is 1.50 bits per heavy atom. The number of carbonyl (C=O) groups is 1. The lowest BCUT2D eigenvalue weighted by Gasteiger charge is -2.34. The number of nitrogens with zero attached hydrogens (tertiary/aromatic N) is 2. The SMILES string of the molecule is C[C](O)N1CCN(C(C)=O)CC1. The second-order valence-corrected chi connectivity index (χ2v) is 3.04. The number of aliphatic hydroxyl groups excluding tert-OH is 1. The van der Waals surface area contributed by atoms with E-state index in [0.717, 1.165) is 13.1 Å². The first-order chi connectivity index (χ1) is 5.61. The fourth-order valence-corrected chi connectivity index (χ4v) is 1.34. The first kappa shape index (κ1) is 9.48. The second kappa shape index (κ2) is 3.87. The molecule has 1 aliphatic rings. The summed E-state index contributed by atoms with van der Waals surface area (Å²) in [7, 11) is 0. The highest BCUT2D eigenvalue weighted by Crippen LogP contribution is 2.08. The van der Waals surface area contributed by atoms with Gasteiger partial charge < -0.3 is 10.0 Å². The monoisotopic (exact) mass is 171 g/mol. The van der Waals surface area contributed by atoms with Crippen LogP contribution in [0.5, 0.6) is 0 Å². The zero-order valence-corrected chi connectivity index (χ0v) is 7.58. The maximum absolute atomic E-state index is 10.9. The first-order valence-corrected chi connectivity index (χ1v) is 4.14. The molecule has 1 aliphatic heterocycles. The molecule has 1 radical (unpaired) electrons. The third kappa shape index (κ3) is 2.19. The van der Waals surface area contributed by atoms with Crippen LogP contribution < -0.4 is 0 Å². The molecule has 0 aliphatic carbocycles. The summed E-state index contributed by atoms with van der Waals surface area (Å²) in [5.74, 6) is 0.116. The van der Waals surface area contributed by atoms with E-state index in [4.69, 9.17) is 5.11 Å². The van der Waals surface area contributed by atoms with Crippen molar-refractivity contribution in [1.82, 2.24) is 9.80 Å². The third-order valence-corrected chi connectivity index (χ3v) is 2.18. The van der Waals surface area contributed by atoms with E-state index in [1.807, 2.05) is 4.90 Å². The lowest BCUT2D eigenvalue weighted by atomic mass is 10.3. The Kier molecular flexibility index (Phi) is 3.05. The maximum atomic E-state index is 10.9. The van der Waals surface area contributed by atoms with Crippen molar-refractivity contribution in [3.63, 3.8) is 0 Å². The van der Waals surface area contributed by atoms with Gasteiger partial charge in [0.1, 0.15) is 0 Å². The summed E-state index contributed by atoms with van der Waals surface area (Å²) in [6.45, 7) is 6.15. The van der Waals surface area contributed by atoms with Crippen LogP contribution in [0.15, 0.2) is 0 Å². The van der Waals surface area contributed by atoms with Crippen LogP contribution in [-0.2, 0) is 4.79 Å². The third-order valence-electron chi connectivity index (χ3n) is 2.18. The van der Waals surface area contributed by atoms with Gasteiger partial charge in [0.15, 0.2) is 6.23 Å². The minimum atomic E-state index is 0.116. The van der Waals surface area contributed by atoms with Crippen LogP contribution in [0.25, 0.3) is 0 Å². The van der Waals surface area contributed by atoms with E-state index in [9.17, 15) is 4.79 Å². The molecule has 0 aromatic carbocycles. The highest BCUT2D eigenvalue weighted by molar-refractivity contribution is 5.73. The Morgan fingerprint density at radius 3 is 1.83 bits per heavy atom. The van der Waals surface area contributed by atoms with Crippen LogP contribution >= 0.6 is 0 Å². The van der Waals surface area contributed by atoms with Gasteiger partial charge in [-0.3, -0.25) is 9.69 Å². The average Bonchev–Trinajstić information content (AvgIpc) is 2.04. The van der Waals surface area contributed by atoms with Gasteiger partial charge in [0.2, 0.25) is 5.91 Å². The standard InChI is InChI=1S/C8H15N2O2/c1-7(11)9-3-5-10(6-4-9)8(2)12/h11H,3-6H2,1-2H3. The summed E-state index contributed by atoms with van der Waals surface area (Å²) < 4.78 is 0. The van der Waals surface area contributed by atoms with Crippen LogP contribution in [0.3, 0.4) is 0 Å². The van der Waals surface area contributed by atoms with E-state index in [0.29, 0.717) is 19.3 Å². The molecule has 0 atom stereocenters. The van der Waals surface area contributed by atoms with Crippen molar-refractivity contribution in [3.8, 4) is 0 Å². The average molecular weight is 171 g/mol. The quantitative estimate of drug-likeness (QED) is 0.605. The summed E-state index contributed by atoms with van der Waals surface area (Å²) in [5.41, 5.74) is 0. The van der Waals surface area contributed by atoms with Crippen molar-refractivity contribution >= 4 is 5.91 Å². The largest absolute Gasteiger partial charge is 0.371 e. The molecule has 1 rings (SSSR count). The predicted octanol–water partition coefficient (Wildman–Crippen LogP) is 0.0324. The number of piperazine rings is 1. The van der Waals surface area contributed by atoms with E-state index in [1.165, 1.54) is 0 Å². The van der Waals surface area contributed by atoms with Crippen LogP contribution in [0, 0.1) is 6.23 Å². The zero-order chi connectivity index (χ0) is 9.14. The molecular weight excluding hydrogens is 156 g/mol. The van der Waals surface area contributed by atoms with Crippen molar-refractivity contribution < 1.29 is 9.90 Å². The topological polar surface area (TPSA) is 43.8 Å². The Labute approximate surface area is 72.8 Å². The first-order valence-electron chi connectivity index (χ1n) is 4.14. The van der Waals surface area contributed by atoms with Gasteiger partial charge in [0.25, 0.3) is 0 Å². The van der Waals surface area contributed by atoms with E-state index in [2.05, 4.69) is 0 Å². The molecule has 1 saturated heterocycles.